The SMILES string of the molecule is CN1CCOC(CNCCC(=O)N2CCCCC2)C1. The number of morpholine rings is 1. The van der Waals surface area contributed by atoms with Crippen molar-refractivity contribution in [2.75, 3.05) is 52.9 Å². The third-order valence-corrected chi connectivity index (χ3v) is 3.94. The third kappa shape index (κ3) is 5.09. The second-order valence-electron chi connectivity index (χ2n) is 5.65. The van der Waals surface area contributed by atoms with Crippen LogP contribution in [0.15, 0.2) is 0 Å². The van der Waals surface area contributed by atoms with Gasteiger partial charge in [-0.3, -0.25) is 4.79 Å². The first-order chi connectivity index (χ1) is 9.25. The minimum absolute atomic E-state index is 0.267. The molecule has 0 radical (unpaired) electrons. The molecule has 2 rings (SSSR count). The van der Waals surface area contributed by atoms with Gasteiger partial charge in [-0.25, -0.2) is 0 Å². The van der Waals surface area contributed by atoms with E-state index in [1.807, 2.05) is 4.90 Å². The summed E-state index contributed by atoms with van der Waals surface area (Å²) in [5, 5.41) is 3.35. The maximum Gasteiger partial charge on any atom is 0.223 e. The number of piperidine rings is 1. The van der Waals surface area contributed by atoms with E-state index < -0.39 is 0 Å². The number of likely N-dealkylation sites (N-methyl/N-ethyl adjacent to an activating group) is 1. The summed E-state index contributed by atoms with van der Waals surface area (Å²) in [7, 11) is 2.12. The first kappa shape index (κ1) is 14.8. The minimum Gasteiger partial charge on any atom is -0.374 e. The van der Waals surface area contributed by atoms with Gasteiger partial charge in [0.25, 0.3) is 0 Å². The lowest BCUT2D eigenvalue weighted by molar-refractivity contribution is -0.132. The quantitative estimate of drug-likeness (QED) is 0.730. The van der Waals surface area contributed by atoms with Crippen molar-refractivity contribution in [3.8, 4) is 0 Å². The van der Waals surface area contributed by atoms with Gasteiger partial charge in [0.15, 0.2) is 0 Å². The molecule has 2 saturated heterocycles. The number of hydrogen-bond acceptors (Lipinski definition) is 4. The first-order valence-corrected chi connectivity index (χ1v) is 7.54. The molecule has 0 aromatic carbocycles. The van der Waals surface area contributed by atoms with E-state index in [1.54, 1.807) is 0 Å². The Morgan fingerprint density at radius 1 is 1.26 bits per heavy atom. The summed E-state index contributed by atoms with van der Waals surface area (Å²) >= 11 is 0. The molecule has 0 saturated carbocycles. The number of nitrogens with zero attached hydrogens (tertiary/aromatic N) is 2. The van der Waals surface area contributed by atoms with Gasteiger partial charge in [-0.05, 0) is 26.3 Å². The summed E-state index contributed by atoms with van der Waals surface area (Å²) in [4.78, 5) is 16.2. The second kappa shape index (κ2) is 7.82. The highest BCUT2D eigenvalue weighted by Gasteiger charge is 2.18. The summed E-state index contributed by atoms with van der Waals surface area (Å²) in [5.41, 5.74) is 0. The summed E-state index contributed by atoms with van der Waals surface area (Å²) < 4.78 is 5.67. The highest BCUT2D eigenvalue weighted by Crippen LogP contribution is 2.09. The molecule has 0 bridgehead atoms. The molecule has 1 unspecified atom stereocenters. The normalized spacial score (nSPS) is 25.5. The van der Waals surface area contributed by atoms with Crippen molar-refractivity contribution < 1.29 is 9.53 Å². The van der Waals surface area contributed by atoms with E-state index in [-0.39, 0.29) is 6.10 Å². The molecule has 1 N–H and O–H groups in total. The maximum atomic E-state index is 11.9. The Morgan fingerprint density at radius 3 is 2.79 bits per heavy atom. The number of nitrogens with one attached hydrogen (secondary N) is 1. The van der Waals surface area contributed by atoms with E-state index in [2.05, 4.69) is 17.3 Å². The van der Waals surface area contributed by atoms with E-state index >= 15 is 0 Å². The zero-order valence-corrected chi connectivity index (χ0v) is 12.1. The van der Waals surface area contributed by atoms with Crippen LogP contribution in [0.4, 0.5) is 0 Å². The molecule has 0 aromatic rings. The number of likely N-dealkylation sites (tertiary alicyclic amines) is 1. The summed E-state index contributed by atoms with van der Waals surface area (Å²) in [6, 6.07) is 0. The van der Waals surface area contributed by atoms with Crippen molar-refractivity contribution in [3.05, 3.63) is 0 Å². The van der Waals surface area contributed by atoms with Gasteiger partial charge in [-0.15, -0.1) is 0 Å². The molecule has 0 spiro atoms. The van der Waals surface area contributed by atoms with Crippen molar-refractivity contribution in [1.82, 2.24) is 15.1 Å². The van der Waals surface area contributed by atoms with Crippen molar-refractivity contribution in [3.63, 3.8) is 0 Å². The molecule has 1 atom stereocenters. The van der Waals surface area contributed by atoms with Crippen LogP contribution >= 0.6 is 0 Å². The van der Waals surface area contributed by atoms with Crippen molar-refractivity contribution >= 4 is 5.91 Å². The number of amides is 1. The fourth-order valence-corrected chi connectivity index (χ4v) is 2.75. The van der Waals surface area contributed by atoms with Gasteiger partial charge < -0.3 is 19.9 Å². The number of carbonyl (C=O) groups excluding carboxylic acids is 1. The minimum atomic E-state index is 0.267. The molecule has 2 aliphatic heterocycles. The number of ether oxygens (including phenoxy) is 1. The molecule has 0 aliphatic carbocycles. The second-order valence-corrected chi connectivity index (χ2v) is 5.65. The summed E-state index contributed by atoms with van der Waals surface area (Å²) in [5.74, 6) is 0.300. The van der Waals surface area contributed by atoms with Crippen LogP contribution in [-0.4, -0.2) is 74.7 Å². The van der Waals surface area contributed by atoms with Crippen LogP contribution in [-0.2, 0) is 9.53 Å². The van der Waals surface area contributed by atoms with E-state index in [0.29, 0.717) is 12.3 Å². The molecule has 0 aromatic heterocycles. The number of rotatable bonds is 5. The molecule has 5 heteroatoms. The lowest BCUT2D eigenvalue weighted by Gasteiger charge is -2.30. The first-order valence-electron chi connectivity index (χ1n) is 7.54. The summed E-state index contributed by atoms with van der Waals surface area (Å²) in [6.45, 7) is 6.33. The zero-order valence-electron chi connectivity index (χ0n) is 12.1. The Morgan fingerprint density at radius 2 is 2.05 bits per heavy atom. The molecule has 1 amide bonds. The van der Waals surface area contributed by atoms with Crippen LogP contribution in [0.5, 0.6) is 0 Å². The Balaban J connectivity index is 1.54. The number of hydrogen-bond donors (Lipinski definition) is 1. The fraction of sp³-hybridized carbons (Fsp3) is 0.929. The van der Waals surface area contributed by atoms with Gasteiger partial charge in [0, 0.05) is 45.7 Å². The average Bonchev–Trinajstić information content (AvgIpc) is 2.44. The zero-order chi connectivity index (χ0) is 13.5. The molecule has 2 fully saturated rings. The van der Waals surface area contributed by atoms with Gasteiger partial charge in [-0.1, -0.05) is 0 Å². The monoisotopic (exact) mass is 269 g/mol. The molecule has 110 valence electrons. The van der Waals surface area contributed by atoms with E-state index in [9.17, 15) is 4.79 Å². The standard InChI is InChI=1S/C14H27N3O2/c1-16-9-10-19-13(12-16)11-15-6-5-14(18)17-7-3-2-4-8-17/h13,15H,2-12H2,1H3. The van der Waals surface area contributed by atoms with Gasteiger partial charge in [0.2, 0.25) is 5.91 Å². The van der Waals surface area contributed by atoms with E-state index in [4.69, 9.17) is 4.74 Å². The molecule has 19 heavy (non-hydrogen) atoms. The molecular weight excluding hydrogens is 242 g/mol. The molecular formula is C14H27N3O2. The van der Waals surface area contributed by atoms with Crippen LogP contribution in [0.1, 0.15) is 25.7 Å². The van der Waals surface area contributed by atoms with E-state index in [0.717, 1.165) is 45.9 Å². The molecule has 2 aliphatic rings. The Bertz CT molecular complexity index is 280. The molecule has 5 nitrogen and oxygen atoms in total. The van der Waals surface area contributed by atoms with Crippen molar-refractivity contribution in [2.24, 2.45) is 0 Å². The lowest BCUT2D eigenvalue weighted by atomic mass is 10.1. The van der Waals surface area contributed by atoms with Crippen LogP contribution in [0.3, 0.4) is 0 Å². The van der Waals surface area contributed by atoms with Crippen molar-refractivity contribution in [2.45, 2.75) is 31.8 Å². The average molecular weight is 269 g/mol. The van der Waals surface area contributed by atoms with Gasteiger partial charge in [-0.2, -0.15) is 0 Å². The van der Waals surface area contributed by atoms with Crippen molar-refractivity contribution in [1.29, 1.82) is 0 Å². The predicted octanol–water partition coefficient (Wildman–Crippen LogP) is 0.309. The van der Waals surface area contributed by atoms with Gasteiger partial charge in [0.1, 0.15) is 0 Å². The Hall–Kier alpha value is -0.650. The summed E-state index contributed by atoms with van der Waals surface area (Å²) in [6.07, 6.45) is 4.49. The largest absolute Gasteiger partial charge is 0.374 e. The smallest absolute Gasteiger partial charge is 0.223 e. The van der Waals surface area contributed by atoms with Gasteiger partial charge >= 0.3 is 0 Å². The Kier molecular flexibility index (Phi) is 6.07. The lowest BCUT2D eigenvalue weighted by Crippen LogP contribution is -2.45. The Labute approximate surface area is 116 Å². The topological polar surface area (TPSA) is 44.8 Å². The van der Waals surface area contributed by atoms with Crippen LogP contribution in [0.2, 0.25) is 0 Å². The predicted molar refractivity (Wildman–Crippen MR) is 75.2 cm³/mol. The molecule has 2 heterocycles. The number of carbonyl (C=O) groups is 1. The highest BCUT2D eigenvalue weighted by atomic mass is 16.5. The maximum absolute atomic E-state index is 11.9. The van der Waals surface area contributed by atoms with Crippen LogP contribution < -0.4 is 5.32 Å². The highest BCUT2D eigenvalue weighted by molar-refractivity contribution is 5.76. The fourth-order valence-electron chi connectivity index (χ4n) is 2.75. The van der Waals surface area contributed by atoms with Crippen LogP contribution in [0, 0.1) is 0 Å². The third-order valence-electron chi connectivity index (χ3n) is 3.94. The van der Waals surface area contributed by atoms with Crippen LogP contribution in [0.25, 0.3) is 0 Å². The van der Waals surface area contributed by atoms with Gasteiger partial charge in [0.05, 0.1) is 12.7 Å². The van der Waals surface area contributed by atoms with E-state index in [1.165, 1.54) is 19.3 Å².